The molecule has 1 aliphatic heterocycles. The van der Waals surface area contributed by atoms with Crippen molar-refractivity contribution in [2.45, 2.75) is 38.6 Å². The highest BCUT2D eigenvalue weighted by Gasteiger charge is 2.25. The topological polar surface area (TPSA) is 108 Å². The van der Waals surface area contributed by atoms with Gasteiger partial charge in [0.2, 0.25) is 17.5 Å². The zero-order valence-corrected chi connectivity index (χ0v) is 18.7. The molecule has 1 aromatic heterocycles. The van der Waals surface area contributed by atoms with E-state index in [-0.39, 0.29) is 34.8 Å². The van der Waals surface area contributed by atoms with Gasteiger partial charge >= 0.3 is 0 Å². The molecule has 1 unspecified atom stereocenters. The van der Waals surface area contributed by atoms with Gasteiger partial charge in [0.25, 0.3) is 5.69 Å². The zero-order valence-electron chi connectivity index (χ0n) is 18.7. The highest BCUT2D eigenvalue weighted by Crippen LogP contribution is 2.33. The van der Waals surface area contributed by atoms with Crippen molar-refractivity contribution in [1.29, 1.82) is 5.26 Å². The molecule has 2 heterocycles. The maximum absolute atomic E-state index is 11.4. The summed E-state index contributed by atoms with van der Waals surface area (Å²) in [7, 11) is 0. The maximum atomic E-state index is 11.4. The molecule has 0 spiro atoms. The first-order valence-electron chi connectivity index (χ1n) is 11.3. The molecule has 2 aromatic carbocycles. The van der Waals surface area contributed by atoms with Gasteiger partial charge in [0.05, 0.1) is 11.0 Å². The van der Waals surface area contributed by atoms with Crippen molar-refractivity contribution < 1.29 is 9.34 Å². The SMILES string of the molecule is Cc1ccc(C(CNc2oc(-c3ccccc3[N+](=O)[O-])nc2C#N)N2CCCCCC2)cc1. The molecule has 0 radical (unpaired) electrons. The summed E-state index contributed by atoms with van der Waals surface area (Å²) < 4.78 is 5.83. The van der Waals surface area contributed by atoms with Crippen LogP contribution < -0.4 is 5.32 Å². The Morgan fingerprint density at radius 2 is 1.85 bits per heavy atom. The largest absolute Gasteiger partial charge is 0.419 e. The van der Waals surface area contributed by atoms with Gasteiger partial charge in [-0.3, -0.25) is 15.0 Å². The van der Waals surface area contributed by atoms with Crippen LogP contribution in [0.5, 0.6) is 0 Å². The van der Waals surface area contributed by atoms with E-state index >= 15 is 0 Å². The lowest BCUT2D eigenvalue weighted by molar-refractivity contribution is -0.384. The van der Waals surface area contributed by atoms with Crippen LogP contribution in [0.2, 0.25) is 0 Å². The van der Waals surface area contributed by atoms with Gasteiger partial charge in [-0.05, 0) is 44.5 Å². The van der Waals surface area contributed by atoms with E-state index in [1.54, 1.807) is 18.2 Å². The normalized spacial score (nSPS) is 15.4. The number of nitrogens with zero attached hydrogens (tertiary/aromatic N) is 4. The number of hydrogen-bond acceptors (Lipinski definition) is 7. The average Bonchev–Trinajstić information content (AvgIpc) is 3.05. The molecule has 0 aliphatic carbocycles. The van der Waals surface area contributed by atoms with Crippen LogP contribution in [0, 0.1) is 28.4 Å². The predicted molar refractivity (Wildman–Crippen MR) is 126 cm³/mol. The lowest BCUT2D eigenvalue weighted by Gasteiger charge is -2.31. The molecule has 0 bridgehead atoms. The number of para-hydroxylation sites is 1. The van der Waals surface area contributed by atoms with Crippen molar-refractivity contribution in [3.05, 3.63) is 75.5 Å². The van der Waals surface area contributed by atoms with Gasteiger partial charge < -0.3 is 9.73 Å². The Kier molecular flexibility index (Phi) is 7.01. The number of hydrogen-bond donors (Lipinski definition) is 1. The van der Waals surface area contributed by atoms with E-state index in [1.807, 2.05) is 6.07 Å². The molecule has 1 saturated heterocycles. The molecule has 1 atom stereocenters. The molecule has 8 nitrogen and oxygen atoms in total. The van der Waals surface area contributed by atoms with Crippen LogP contribution in [0.15, 0.2) is 52.9 Å². The van der Waals surface area contributed by atoms with E-state index in [0.29, 0.717) is 6.54 Å². The Bertz CT molecular complexity index is 1140. The Balaban J connectivity index is 1.61. The minimum atomic E-state index is -0.481. The van der Waals surface area contributed by atoms with Crippen molar-refractivity contribution in [3.63, 3.8) is 0 Å². The summed E-state index contributed by atoms with van der Waals surface area (Å²) in [5.74, 6) is 0.292. The van der Waals surface area contributed by atoms with Crippen molar-refractivity contribution in [1.82, 2.24) is 9.88 Å². The van der Waals surface area contributed by atoms with Gasteiger partial charge in [0.15, 0.2) is 0 Å². The van der Waals surface area contributed by atoms with Gasteiger partial charge in [0, 0.05) is 12.6 Å². The number of anilines is 1. The third-order valence-electron chi connectivity index (χ3n) is 6.06. The Morgan fingerprint density at radius 1 is 1.15 bits per heavy atom. The fourth-order valence-electron chi connectivity index (χ4n) is 4.29. The molecule has 1 aliphatic rings. The molecule has 0 amide bonds. The lowest BCUT2D eigenvalue weighted by atomic mass is 10.0. The van der Waals surface area contributed by atoms with Crippen LogP contribution in [0.25, 0.3) is 11.5 Å². The molecular formula is C25H27N5O3. The van der Waals surface area contributed by atoms with Gasteiger partial charge in [-0.15, -0.1) is 0 Å². The maximum Gasteiger partial charge on any atom is 0.282 e. The number of oxazole rings is 1. The summed E-state index contributed by atoms with van der Waals surface area (Å²) in [5, 5.41) is 24.3. The second-order valence-corrected chi connectivity index (χ2v) is 8.34. The number of aryl methyl sites for hydroxylation is 1. The van der Waals surface area contributed by atoms with Gasteiger partial charge in [0.1, 0.15) is 11.6 Å². The standard InChI is InChI=1S/C25H27N5O3/c1-18-10-12-19(13-11-18)23(29-14-6-2-3-7-15-29)17-27-25-21(16-26)28-24(33-25)20-8-4-5-9-22(20)30(31)32/h4-5,8-13,23,27H,2-3,6-7,14-15,17H2,1H3. The summed E-state index contributed by atoms with van der Waals surface area (Å²) in [6, 6.07) is 16.9. The Morgan fingerprint density at radius 3 is 2.52 bits per heavy atom. The summed E-state index contributed by atoms with van der Waals surface area (Å²) in [6.07, 6.45) is 4.81. The number of benzene rings is 2. The second-order valence-electron chi connectivity index (χ2n) is 8.34. The zero-order chi connectivity index (χ0) is 23.2. The van der Waals surface area contributed by atoms with Crippen molar-refractivity contribution in [2.24, 2.45) is 0 Å². The van der Waals surface area contributed by atoms with Crippen LogP contribution in [0.1, 0.15) is 48.5 Å². The Labute approximate surface area is 193 Å². The minimum absolute atomic E-state index is 0.0583. The van der Waals surface area contributed by atoms with Crippen molar-refractivity contribution >= 4 is 11.6 Å². The molecule has 0 saturated carbocycles. The number of aromatic nitrogens is 1. The highest BCUT2D eigenvalue weighted by molar-refractivity contribution is 5.68. The summed E-state index contributed by atoms with van der Waals surface area (Å²) >= 11 is 0. The molecule has 170 valence electrons. The summed E-state index contributed by atoms with van der Waals surface area (Å²) in [4.78, 5) is 17.6. The number of rotatable bonds is 7. The molecule has 8 heteroatoms. The van der Waals surface area contributed by atoms with Gasteiger partial charge in [-0.25, -0.2) is 0 Å². The number of nitrogens with one attached hydrogen (secondary N) is 1. The first-order chi connectivity index (χ1) is 16.1. The molecular weight excluding hydrogens is 418 g/mol. The minimum Gasteiger partial charge on any atom is -0.419 e. The van der Waals surface area contributed by atoms with Gasteiger partial charge in [-0.2, -0.15) is 10.2 Å². The average molecular weight is 446 g/mol. The Hall–Kier alpha value is -3.70. The monoisotopic (exact) mass is 445 g/mol. The molecule has 1 N–H and O–H groups in total. The summed E-state index contributed by atoms with van der Waals surface area (Å²) in [6.45, 7) is 4.64. The van der Waals surface area contributed by atoms with E-state index in [4.69, 9.17) is 4.42 Å². The number of nitro benzene ring substituents is 1. The van der Waals surface area contributed by atoms with E-state index in [1.165, 1.54) is 30.0 Å². The molecule has 4 rings (SSSR count). The lowest BCUT2D eigenvalue weighted by Crippen LogP contribution is -2.34. The molecule has 1 fully saturated rings. The number of likely N-dealkylation sites (tertiary alicyclic amines) is 1. The van der Waals surface area contributed by atoms with Crippen molar-refractivity contribution in [2.75, 3.05) is 25.0 Å². The number of nitriles is 1. The van der Waals surface area contributed by atoms with E-state index in [0.717, 1.165) is 25.9 Å². The first kappa shape index (κ1) is 22.5. The van der Waals surface area contributed by atoms with Crippen LogP contribution >= 0.6 is 0 Å². The van der Waals surface area contributed by atoms with Crippen LogP contribution in [-0.2, 0) is 0 Å². The van der Waals surface area contributed by atoms with Gasteiger partial charge in [-0.1, -0.05) is 54.8 Å². The van der Waals surface area contributed by atoms with Crippen LogP contribution in [0.4, 0.5) is 11.6 Å². The van der Waals surface area contributed by atoms with Crippen LogP contribution in [-0.4, -0.2) is 34.4 Å². The quantitative estimate of drug-likeness (QED) is 0.380. The first-order valence-corrected chi connectivity index (χ1v) is 11.3. The third-order valence-corrected chi connectivity index (χ3v) is 6.06. The second kappa shape index (κ2) is 10.3. The van der Waals surface area contributed by atoms with E-state index < -0.39 is 4.92 Å². The van der Waals surface area contributed by atoms with E-state index in [9.17, 15) is 15.4 Å². The highest BCUT2D eigenvalue weighted by atomic mass is 16.6. The fourth-order valence-corrected chi connectivity index (χ4v) is 4.29. The van der Waals surface area contributed by atoms with Crippen LogP contribution in [0.3, 0.4) is 0 Å². The molecule has 33 heavy (non-hydrogen) atoms. The third kappa shape index (κ3) is 5.21. The predicted octanol–water partition coefficient (Wildman–Crippen LogP) is 5.46. The summed E-state index contributed by atoms with van der Waals surface area (Å²) in [5.41, 5.74) is 2.62. The fraction of sp³-hybridized carbons (Fsp3) is 0.360. The van der Waals surface area contributed by atoms with Crippen molar-refractivity contribution in [3.8, 4) is 17.5 Å². The van der Waals surface area contributed by atoms with E-state index in [2.05, 4.69) is 46.4 Å². The number of nitro groups is 1. The molecule has 3 aromatic rings. The smallest absolute Gasteiger partial charge is 0.282 e.